The van der Waals surface area contributed by atoms with E-state index in [1.807, 2.05) is 42.1 Å². The number of nitrogens with zero attached hydrogens (tertiary/aromatic N) is 5. The lowest BCUT2D eigenvalue weighted by molar-refractivity contribution is -0.122. The Hall–Kier alpha value is -2.87. The number of aliphatic hydroxyl groups is 1. The maximum atomic E-state index is 13.5. The second-order valence-electron chi connectivity index (χ2n) is 9.71. The zero-order valence-corrected chi connectivity index (χ0v) is 21.2. The number of β-amino-alcohol motifs (C(OH)–C–C–N with tert-alkyl or cyclic N) is 1. The molecule has 2 unspecified atom stereocenters. The number of amides is 1. The molecule has 35 heavy (non-hydrogen) atoms. The third kappa shape index (κ3) is 4.68. The van der Waals surface area contributed by atoms with Crippen molar-refractivity contribution in [3.63, 3.8) is 0 Å². The van der Waals surface area contributed by atoms with Crippen molar-refractivity contribution >= 4 is 28.7 Å². The number of aromatic nitrogens is 2. The maximum Gasteiger partial charge on any atom is 0.255 e. The zero-order chi connectivity index (χ0) is 24.7. The van der Waals surface area contributed by atoms with Crippen LogP contribution in [0.4, 0.5) is 0 Å². The van der Waals surface area contributed by atoms with Gasteiger partial charge in [0.25, 0.3) is 5.91 Å². The molecule has 184 valence electrons. The summed E-state index contributed by atoms with van der Waals surface area (Å²) >= 11 is 6.55. The molecule has 1 amide bonds. The van der Waals surface area contributed by atoms with E-state index in [2.05, 4.69) is 40.8 Å². The number of allylic oxidation sites excluding steroid dienone is 4. The number of rotatable bonds is 4. The van der Waals surface area contributed by atoms with Gasteiger partial charge in [-0.2, -0.15) is 0 Å². The van der Waals surface area contributed by atoms with Crippen molar-refractivity contribution in [1.29, 1.82) is 0 Å². The van der Waals surface area contributed by atoms with Crippen LogP contribution in [0.5, 0.6) is 0 Å². The van der Waals surface area contributed by atoms with Crippen molar-refractivity contribution in [2.75, 3.05) is 32.8 Å². The van der Waals surface area contributed by atoms with Gasteiger partial charge in [-0.25, -0.2) is 4.98 Å². The standard InChI is InChI=1S/C27H32ClN5O2/c1-18-4-5-22-6-7-23(31-9-8-30(10-11-34)20(3)15-31)17-33(22)26(35)13-24(18)21-12-25(28)27-29-19(2)14-32(27)16-21/h5-7,12-14,16-18,20,34H,4,8-11,15H2,1-3H3. The fraction of sp³-hybridized carbons (Fsp3) is 0.407. The maximum absolute atomic E-state index is 13.5. The highest BCUT2D eigenvalue weighted by atomic mass is 35.5. The Bertz CT molecular complexity index is 1270. The summed E-state index contributed by atoms with van der Waals surface area (Å²) in [6.45, 7) is 9.75. The second kappa shape index (κ2) is 9.64. The molecule has 1 fully saturated rings. The molecule has 0 saturated carbocycles. The first-order chi connectivity index (χ1) is 16.8. The van der Waals surface area contributed by atoms with E-state index in [4.69, 9.17) is 11.6 Å². The number of pyridine rings is 1. The van der Waals surface area contributed by atoms with Crippen molar-refractivity contribution in [2.45, 2.75) is 33.2 Å². The lowest BCUT2D eigenvalue weighted by atomic mass is 9.90. The van der Waals surface area contributed by atoms with Gasteiger partial charge in [0, 0.05) is 62.6 Å². The monoisotopic (exact) mass is 493 g/mol. The lowest BCUT2D eigenvalue weighted by Gasteiger charge is -2.42. The minimum atomic E-state index is -0.0651. The topological polar surface area (TPSA) is 64.3 Å². The average molecular weight is 494 g/mol. The first-order valence-corrected chi connectivity index (χ1v) is 12.6. The number of hydrogen-bond acceptors (Lipinski definition) is 5. The van der Waals surface area contributed by atoms with E-state index in [1.54, 1.807) is 11.0 Å². The second-order valence-corrected chi connectivity index (χ2v) is 10.1. The highest BCUT2D eigenvalue weighted by molar-refractivity contribution is 6.33. The number of halogens is 1. The molecule has 1 saturated heterocycles. The highest BCUT2D eigenvalue weighted by Crippen LogP contribution is 2.33. The molecule has 5 rings (SSSR count). The van der Waals surface area contributed by atoms with Gasteiger partial charge in [0.1, 0.15) is 0 Å². The fourth-order valence-corrected chi connectivity index (χ4v) is 5.47. The van der Waals surface area contributed by atoms with Crippen LogP contribution < -0.4 is 0 Å². The molecular weight excluding hydrogens is 462 g/mol. The van der Waals surface area contributed by atoms with Crippen molar-refractivity contribution in [3.8, 4) is 0 Å². The predicted octanol–water partition coefficient (Wildman–Crippen LogP) is 3.84. The van der Waals surface area contributed by atoms with Gasteiger partial charge in [0.15, 0.2) is 5.65 Å². The molecular formula is C27H32ClN5O2. The number of aliphatic hydroxyl groups excluding tert-OH is 1. The SMILES string of the molecule is Cc1cn2cc(C3=CC(=O)N4C=C(N5CCN(CCO)C(C)C5)C=CC4=CCC3C)cc(Cl)c2n1. The molecule has 8 heteroatoms. The molecule has 7 nitrogen and oxygen atoms in total. The Kier molecular flexibility index (Phi) is 6.57. The number of piperazine rings is 1. The summed E-state index contributed by atoms with van der Waals surface area (Å²) in [5, 5.41) is 9.88. The third-order valence-electron chi connectivity index (χ3n) is 7.17. The van der Waals surface area contributed by atoms with Crippen LogP contribution in [-0.4, -0.2) is 73.9 Å². The molecule has 1 N–H and O–H groups in total. The Labute approximate surface area is 211 Å². The van der Waals surface area contributed by atoms with Gasteiger partial charge in [-0.3, -0.25) is 14.6 Å². The van der Waals surface area contributed by atoms with Gasteiger partial charge >= 0.3 is 0 Å². The Morgan fingerprint density at radius 1 is 1.17 bits per heavy atom. The molecule has 3 aliphatic heterocycles. The van der Waals surface area contributed by atoms with E-state index in [0.717, 1.165) is 59.9 Å². The Morgan fingerprint density at radius 2 is 1.97 bits per heavy atom. The summed E-state index contributed by atoms with van der Waals surface area (Å²) in [6, 6.07) is 2.25. The van der Waals surface area contributed by atoms with Crippen molar-refractivity contribution < 1.29 is 9.90 Å². The first-order valence-electron chi connectivity index (χ1n) is 12.2. The van der Waals surface area contributed by atoms with Crippen LogP contribution in [0.15, 0.2) is 60.4 Å². The molecule has 3 aliphatic rings. The molecule has 0 aromatic carbocycles. The first kappa shape index (κ1) is 23.9. The van der Waals surface area contributed by atoms with E-state index in [-0.39, 0.29) is 18.4 Å². The van der Waals surface area contributed by atoms with Crippen molar-refractivity contribution in [1.82, 2.24) is 24.1 Å². The van der Waals surface area contributed by atoms with Crippen molar-refractivity contribution in [2.24, 2.45) is 5.92 Å². The van der Waals surface area contributed by atoms with Crippen LogP contribution in [-0.2, 0) is 4.79 Å². The summed E-state index contributed by atoms with van der Waals surface area (Å²) in [5.74, 6) is 0.0932. The van der Waals surface area contributed by atoms with E-state index in [0.29, 0.717) is 17.6 Å². The van der Waals surface area contributed by atoms with E-state index in [9.17, 15) is 9.90 Å². The number of imidazole rings is 1. The highest BCUT2D eigenvalue weighted by Gasteiger charge is 2.28. The van der Waals surface area contributed by atoms with Crippen LogP contribution in [0.3, 0.4) is 0 Å². The number of hydrogen-bond donors (Lipinski definition) is 1. The van der Waals surface area contributed by atoms with Gasteiger partial charge in [-0.15, -0.1) is 0 Å². The fourth-order valence-electron chi connectivity index (χ4n) is 5.21. The van der Waals surface area contributed by atoms with E-state index < -0.39 is 0 Å². The van der Waals surface area contributed by atoms with Gasteiger partial charge in [-0.1, -0.05) is 24.6 Å². The number of carbonyl (C=O) groups is 1. The largest absolute Gasteiger partial charge is 0.395 e. The number of fused-ring (bicyclic) bond motifs is 2. The third-order valence-corrected chi connectivity index (χ3v) is 7.45. The number of aryl methyl sites for hydroxylation is 1. The normalized spacial score (nSPS) is 23.6. The molecule has 5 heterocycles. The summed E-state index contributed by atoms with van der Waals surface area (Å²) in [5.41, 5.74) is 5.47. The minimum Gasteiger partial charge on any atom is -0.395 e. The van der Waals surface area contributed by atoms with Gasteiger partial charge < -0.3 is 14.4 Å². The van der Waals surface area contributed by atoms with Crippen LogP contribution in [0, 0.1) is 12.8 Å². The Morgan fingerprint density at radius 3 is 2.74 bits per heavy atom. The van der Waals surface area contributed by atoms with E-state index >= 15 is 0 Å². The van der Waals surface area contributed by atoms with E-state index in [1.165, 1.54) is 0 Å². The summed E-state index contributed by atoms with van der Waals surface area (Å²) in [6.07, 6.45) is 14.8. The molecule has 0 aliphatic carbocycles. The molecule has 2 aromatic heterocycles. The molecule has 0 spiro atoms. The lowest BCUT2D eigenvalue weighted by Crippen LogP contribution is -2.52. The van der Waals surface area contributed by atoms with Gasteiger partial charge in [0.2, 0.25) is 0 Å². The van der Waals surface area contributed by atoms with Crippen LogP contribution in [0.25, 0.3) is 11.2 Å². The van der Waals surface area contributed by atoms with Gasteiger partial charge in [-0.05, 0) is 55.5 Å². The molecule has 2 atom stereocenters. The minimum absolute atomic E-state index is 0.0651. The predicted molar refractivity (Wildman–Crippen MR) is 139 cm³/mol. The summed E-state index contributed by atoms with van der Waals surface area (Å²) in [7, 11) is 0. The summed E-state index contributed by atoms with van der Waals surface area (Å²) < 4.78 is 1.93. The quantitative estimate of drug-likeness (QED) is 0.701. The number of carbonyl (C=O) groups excluding carboxylic acids is 1. The molecule has 0 bridgehead atoms. The Balaban J connectivity index is 1.43. The van der Waals surface area contributed by atoms with Crippen LogP contribution in [0.1, 0.15) is 31.5 Å². The summed E-state index contributed by atoms with van der Waals surface area (Å²) in [4.78, 5) is 24.4. The molecule has 2 aromatic rings. The molecule has 0 radical (unpaired) electrons. The average Bonchev–Trinajstić information content (AvgIpc) is 3.22. The van der Waals surface area contributed by atoms with Gasteiger partial charge in [0.05, 0.1) is 23.0 Å². The van der Waals surface area contributed by atoms with Crippen molar-refractivity contribution in [3.05, 3.63) is 76.6 Å². The smallest absolute Gasteiger partial charge is 0.255 e. The van der Waals surface area contributed by atoms with Crippen LogP contribution in [0.2, 0.25) is 5.02 Å². The van der Waals surface area contributed by atoms with Crippen LogP contribution >= 0.6 is 11.6 Å². The zero-order valence-electron chi connectivity index (χ0n) is 20.5.